The van der Waals surface area contributed by atoms with Crippen molar-refractivity contribution >= 4 is 50.5 Å². The number of hydrogen-bond acceptors (Lipinski definition) is 4. The van der Waals surface area contributed by atoms with Crippen LogP contribution in [0.3, 0.4) is 0 Å². The molecule has 2 aromatic rings. The largest absolute Gasteiger partial charge is 0.496 e. The summed E-state index contributed by atoms with van der Waals surface area (Å²) >= 11 is 4.89. The highest BCUT2D eigenvalue weighted by molar-refractivity contribution is 9.10. The van der Waals surface area contributed by atoms with E-state index in [1.54, 1.807) is 12.0 Å². The van der Waals surface area contributed by atoms with Crippen LogP contribution < -0.4 is 4.74 Å². The van der Waals surface area contributed by atoms with Gasteiger partial charge < -0.3 is 4.74 Å². The Hall–Kier alpha value is -2.05. The predicted octanol–water partition coefficient (Wildman–Crippen LogP) is 5.70. The third-order valence-electron chi connectivity index (χ3n) is 4.39. The number of ether oxygens (including phenoxy) is 1. The van der Waals surface area contributed by atoms with Gasteiger partial charge in [0.25, 0.3) is 5.91 Å². The second-order valence-electron chi connectivity index (χ2n) is 6.22. The van der Waals surface area contributed by atoms with E-state index in [0.29, 0.717) is 16.6 Å². The number of aliphatic imine (C=N–C) groups is 1. The fraction of sp³-hybridized carbons (Fsp3) is 0.238. The van der Waals surface area contributed by atoms with Crippen molar-refractivity contribution in [1.29, 1.82) is 0 Å². The first-order chi connectivity index (χ1) is 12.9. The second kappa shape index (κ2) is 8.31. The highest BCUT2D eigenvalue weighted by Crippen LogP contribution is 2.35. The Morgan fingerprint density at radius 2 is 1.96 bits per heavy atom. The first-order valence-corrected chi connectivity index (χ1v) is 10.2. The summed E-state index contributed by atoms with van der Waals surface area (Å²) in [7, 11) is 1.63. The number of thioether (sulfide) groups is 1. The molecule has 2 aromatic carbocycles. The topological polar surface area (TPSA) is 41.9 Å². The van der Waals surface area contributed by atoms with Crippen molar-refractivity contribution in [2.45, 2.75) is 20.8 Å². The molecular formula is C21H21BrN2O2S. The number of amides is 1. The van der Waals surface area contributed by atoms with E-state index in [4.69, 9.17) is 9.73 Å². The lowest BCUT2D eigenvalue weighted by atomic mass is 10.1. The molecule has 0 bridgehead atoms. The van der Waals surface area contributed by atoms with E-state index < -0.39 is 0 Å². The fourth-order valence-electron chi connectivity index (χ4n) is 2.70. The van der Waals surface area contributed by atoms with Gasteiger partial charge in [0.05, 0.1) is 22.2 Å². The van der Waals surface area contributed by atoms with Crippen molar-refractivity contribution in [2.75, 3.05) is 13.7 Å². The van der Waals surface area contributed by atoms with Crippen molar-refractivity contribution in [3.63, 3.8) is 0 Å². The second-order valence-corrected chi connectivity index (χ2v) is 8.08. The minimum Gasteiger partial charge on any atom is -0.496 e. The molecule has 6 heteroatoms. The van der Waals surface area contributed by atoms with Crippen LogP contribution in [-0.4, -0.2) is 29.6 Å². The number of nitrogens with zero attached hydrogens (tertiary/aromatic N) is 2. The normalized spacial score (nSPS) is 17.2. The van der Waals surface area contributed by atoms with E-state index in [1.807, 2.05) is 43.3 Å². The van der Waals surface area contributed by atoms with Crippen LogP contribution in [0.1, 0.15) is 23.6 Å². The van der Waals surface area contributed by atoms with E-state index >= 15 is 0 Å². The first kappa shape index (κ1) is 19.7. The minimum atomic E-state index is -0.0166. The third-order valence-corrected chi connectivity index (χ3v) is 6.02. The number of carbonyl (C=O) groups is 1. The predicted molar refractivity (Wildman–Crippen MR) is 117 cm³/mol. The van der Waals surface area contributed by atoms with Crippen LogP contribution in [0, 0.1) is 13.8 Å². The lowest BCUT2D eigenvalue weighted by Crippen LogP contribution is -2.28. The number of halogens is 1. The van der Waals surface area contributed by atoms with Crippen molar-refractivity contribution in [3.05, 3.63) is 62.5 Å². The van der Waals surface area contributed by atoms with Crippen LogP contribution in [0.15, 0.2) is 50.8 Å². The summed E-state index contributed by atoms with van der Waals surface area (Å²) in [5.41, 5.74) is 4.21. The molecule has 0 aliphatic carbocycles. The summed E-state index contributed by atoms with van der Waals surface area (Å²) in [4.78, 5) is 19.9. The van der Waals surface area contributed by atoms with Gasteiger partial charge in [-0.05, 0) is 95.5 Å². The number of carbonyl (C=O) groups excluding carboxylic acids is 1. The molecule has 27 heavy (non-hydrogen) atoms. The van der Waals surface area contributed by atoms with E-state index in [-0.39, 0.29) is 5.91 Å². The van der Waals surface area contributed by atoms with Gasteiger partial charge >= 0.3 is 0 Å². The quantitative estimate of drug-likeness (QED) is 0.567. The van der Waals surface area contributed by atoms with Gasteiger partial charge in [0, 0.05) is 6.54 Å². The Bertz CT molecular complexity index is 953. The number of hydrogen-bond donors (Lipinski definition) is 0. The van der Waals surface area contributed by atoms with Crippen molar-refractivity contribution in [1.82, 2.24) is 4.90 Å². The number of benzene rings is 2. The molecular weight excluding hydrogens is 424 g/mol. The molecule has 0 unspecified atom stereocenters. The Balaban J connectivity index is 1.93. The van der Waals surface area contributed by atoms with Gasteiger partial charge in [-0.1, -0.05) is 12.1 Å². The molecule has 140 valence electrons. The smallest absolute Gasteiger partial charge is 0.266 e. The van der Waals surface area contributed by atoms with Crippen molar-refractivity contribution < 1.29 is 9.53 Å². The molecule has 0 radical (unpaired) electrons. The van der Waals surface area contributed by atoms with Crippen LogP contribution >= 0.6 is 27.7 Å². The standard InChI is InChI=1S/C21H21BrN2O2S/c1-5-24-20(25)19(12-15-7-9-18(26-4)17(22)11-15)27-21(24)23-16-8-6-13(2)14(3)10-16/h6-12H,5H2,1-4H3/b19-12+,23-21?. The van der Waals surface area contributed by atoms with Crippen LogP contribution in [-0.2, 0) is 4.79 Å². The molecule has 1 saturated heterocycles. The molecule has 4 nitrogen and oxygen atoms in total. The lowest BCUT2D eigenvalue weighted by Gasteiger charge is -2.12. The van der Waals surface area contributed by atoms with E-state index in [1.165, 1.54) is 22.9 Å². The van der Waals surface area contributed by atoms with Crippen LogP contribution in [0.25, 0.3) is 6.08 Å². The number of likely N-dealkylation sites (N-methyl/N-ethyl adjacent to an activating group) is 1. The van der Waals surface area contributed by atoms with E-state index in [0.717, 1.165) is 21.5 Å². The monoisotopic (exact) mass is 444 g/mol. The van der Waals surface area contributed by atoms with Crippen molar-refractivity contribution in [3.8, 4) is 5.75 Å². The molecule has 0 N–H and O–H groups in total. The zero-order chi connectivity index (χ0) is 19.6. The van der Waals surface area contributed by atoms with Crippen LogP contribution in [0.5, 0.6) is 5.75 Å². The van der Waals surface area contributed by atoms with Crippen molar-refractivity contribution in [2.24, 2.45) is 4.99 Å². The van der Waals surface area contributed by atoms with Gasteiger partial charge in [-0.15, -0.1) is 0 Å². The average Bonchev–Trinajstić information content (AvgIpc) is 2.93. The molecule has 0 spiro atoms. The molecule has 1 amide bonds. The zero-order valence-electron chi connectivity index (χ0n) is 15.7. The highest BCUT2D eigenvalue weighted by Gasteiger charge is 2.32. The van der Waals surface area contributed by atoms with Gasteiger partial charge in [0.1, 0.15) is 5.75 Å². The molecule has 1 aliphatic rings. The molecule has 0 saturated carbocycles. The summed E-state index contributed by atoms with van der Waals surface area (Å²) in [6.07, 6.45) is 1.89. The molecule has 1 fully saturated rings. The average molecular weight is 445 g/mol. The summed E-state index contributed by atoms with van der Waals surface area (Å²) in [5, 5.41) is 0.713. The van der Waals surface area contributed by atoms with E-state index in [2.05, 4.69) is 35.8 Å². The lowest BCUT2D eigenvalue weighted by molar-refractivity contribution is -0.122. The Morgan fingerprint density at radius 1 is 1.19 bits per heavy atom. The maximum Gasteiger partial charge on any atom is 0.266 e. The molecule has 0 atom stereocenters. The maximum absolute atomic E-state index is 12.8. The number of methoxy groups -OCH3 is 1. The summed E-state index contributed by atoms with van der Waals surface area (Å²) < 4.78 is 6.11. The first-order valence-electron chi connectivity index (χ1n) is 8.63. The summed E-state index contributed by atoms with van der Waals surface area (Å²) in [5.74, 6) is 0.742. The molecule has 0 aromatic heterocycles. The SMILES string of the molecule is CCN1C(=O)/C(=C\c2ccc(OC)c(Br)c2)SC1=Nc1ccc(C)c(C)c1. The van der Waals surface area contributed by atoms with Crippen LogP contribution in [0.2, 0.25) is 0 Å². The van der Waals surface area contributed by atoms with Gasteiger partial charge in [0.15, 0.2) is 5.17 Å². The van der Waals surface area contributed by atoms with E-state index in [9.17, 15) is 4.79 Å². The Morgan fingerprint density at radius 3 is 2.59 bits per heavy atom. The van der Waals surface area contributed by atoms with Crippen LogP contribution in [0.4, 0.5) is 5.69 Å². The van der Waals surface area contributed by atoms with Gasteiger partial charge in [0.2, 0.25) is 0 Å². The summed E-state index contributed by atoms with van der Waals surface area (Å²) in [6.45, 7) is 6.68. The molecule has 1 heterocycles. The number of rotatable bonds is 4. The molecule has 3 rings (SSSR count). The maximum atomic E-state index is 12.8. The Labute approximate surface area is 172 Å². The minimum absolute atomic E-state index is 0.0166. The van der Waals surface area contributed by atoms with Gasteiger partial charge in [-0.3, -0.25) is 9.69 Å². The third kappa shape index (κ3) is 4.28. The molecule has 1 aliphatic heterocycles. The van der Waals surface area contributed by atoms with Gasteiger partial charge in [-0.2, -0.15) is 0 Å². The van der Waals surface area contributed by atoms with Gasteiger partial charge in [-0.25, -0.2) is 4.99 Å². The highest BCUT2D eigenvalue weighted by atomic mass is 79.9. The number of amidine groups is 1. The summed E-state index contributed by atoms with van der Waals surface area (Å²) in [6, 6.07) is 11.8. The fourth-order valence-corrected chi connectivity index (χ4v) is 4.32. The number of aryl methyl sites for hydroxylation is 2. The Kier molecular flexibility index (Phi) is 6.07. The zero-order valence-corrected chi connectivity index (χ0v) is 18.1.